The summed E-state index contributed by atoms with van der Waals surface area (Å²) < 4.78 is 43.3. The van der Waals surface area contributed by atoms with E-state index in [9.17, 15) is 19.2 Å². The molecule has 15 nitrogen and oxygen atoms in total. The smallest absolute Gasteiger partial charge is 0.335 e. The molecule has 1 aliphatic rings. The zero-order valence-electron chi connectivity index (χ0n) is 27.6. The number of unbranched alkanes of at least 4 members (excludes halogenated alkanes) is 4. The topological polar surface area (TPSA) is 167 Å². The highest BCUT2D eigenvalue weighted by Crippen LogP contribution is 2.12. The summed E-state index contributed by atoms with van der Waals surface area (Å²) in [5.74, 6) is -1.63. The number of amides is 3. The van der Waals surface area contributed by atoms with Crippen LogP contribution in [0.1, 0.15) is 64.7 Å². The Morgan fingerprint density at radius 1 is 0.543 bits per heavy atom. The van der Waals surface area contributed by atoms with Gasteiger partial charge in [0.25, 0.3) is 11.8 Å². The average Bonchev–Trinajstić information content (AvgIpc) is 3.36. The Morgan fingerprint density at radius 2 is 0.935 bits per heavy atom. The van der Waals surface area contributed by atoms with Gasteiger partial charge in [-0.25, -0.2) is 4.79 Å². The molecule has 1 fully saturated rings. The van der Waals surface area contributed by atoms with Gasteiger partial charge in [-0.15, -0.1) is 5.06 Å². The minimum absolute atomic E-state index is 0.0597. The van der Waals surface area contributed by atoms with Crippen molar-refractivity contribution in [1.82, 2.24) is 10.4 Å². The molecule has 0 aromatic carbocycles. The third-order valence-corrected chi connectivity index (χ3v) is 6.33. The molecule has 3 amide bonds. The van der Waals surface area contributed by atoms with Crippen molar-refractivity contribution in [1.29, 1.82) is 0 Å². The largest absolute Gasteiger partial charge is 0.378 e. The zero-order valence-corrected chi connectivity index (χ0v) is 27.6. The average molecular weight is 665 g/mol. The monoisotopic (exact) mass is 664 g/mol. The van der Waals surface area contributed by atoms with Crippen molar-refractivity contribution < 1.29 is 61.9 Å². The Morgan fingerprint density at radius 3 is 1.37 bits per heavy atom. The summed E-state index contributed by atoms with van der Waals surface area (Å²) in [6.07, 6.45) is 6.34. The number of hydrogen-bond acceptors (Lipinski definition) is 13. The molecule has 1 heterocycles. The van der Waals surface area contributed by atoms with Gasteiger partial charge in [-0.3, -0.25) is 14.4 Å². The second-order valence-electron chi connectivity index (χ2n) is 10.2. The molecule has 0 radical (unpaired) electrons. The molecule has 15 heteroatoms. The number of ether oxygens (including phenoxy) is 8. The highest BCUT2D eigenvalue weighted by atomic mass is 16.7. The van der Waals surface area contributed by atoms with Crippen molar-refractivity contribution in [2.24, 2.45) is 0 Å². The van der Waals surface area contributed by atoms with Crippen molar-refractivity contribution >= 4 is 23.7 Å². The van der Waals surface area contributed by atoms with Crippen molar-refractivity contribution in [3.63, 3.8) is 0 Å². The Labute approximate surface area is 273 Å². The highest BCUT2D eigenvalue weighted by Gasteiger charge is 2.32. The van der Waals surface area contributed by atoms with Gasteiger partial charge < -0.3 is 48.0 Å². The van der Waals surface area contributed by atoms with Crippen molar-refractivity contribution in [3.8, 4) is 0 Å². The molecule has 0 atom stereocenters. The third-order valence-electron chi connectivity index (χ3n) is 6.33. The second-order valence-corrected chi connectivity index (χ2v) is 10.2. The van der Waals surface area contributed by atoms with Gasteiger partial charge in [-0.1, -0.05) is 32.6 Å². The number of carbonyl (C=O) groups excluding carboxylic acids is 4. The number of hydroxylamine groups is 2. The van der Waals surface area contributed by atoms with Crippen molar-refractivity contribution in [2.45, 2.75) is 64.7 Å². The predicted octanol–water partition coefficient (Wildman–Crippen LogP) is 1.59. The van der Waals surface area contributed by atoms with E-state index in [-0.39, 0.29) is 38.4 Å². The van der Waals surface area contributed by atoms with E-state index in [2.05, 4.69) is 12.2 Å². The van der Waals surface area contributed by atoms with E-state index in [0.29, 0.717) is 111 Å². The van der Waals surface area contributed by atoms with Crippen LogP contribution in [0.25, 0.3) is 0 Å². The fourth-order valence-electron chi connectivity index (χ4n) is 3.84. The summed E-state index contributed by atoms with van der Waals surface area (Å²) in [4.78, 5) is 50.9. The van der Waals surface area contributed by atoms with E-state index in [1.807, 2.05) is 0 Å². The molecule has 0 bridgehead atoms. The molecular formula is C31H56N2O13. The lowest BCUT2D eigenvalue weighted by atomic mass is 10.1. The number of rotatable bonds is 34. The molecule has 0 saturated carbocycles. The number of nitrogens with one attached hydrogen (secondary N) is 1. The molecule has 46 heavy (non-hydrogen) atoms. The zero-order chi connectivity index (χ0) is 33.3. The van der Waals surface area contributed by atoms with Gasteiger partial charge in [0.15, 0.2) is 0 Å². The first-order valence-electron chi connectivity index (χ1n) is 16.5. The molecule has 1 aliphatic heterocycles. The third kappa shape index (κ3) is 25.9. The Bertz CT molecular complexity index is 772. The van der Waals surface area contributed by atoms with Crippen LogP contribution in [0.15, 0.2) is 0 Å². The van der Waals surface area contributed by atoms with Gasteiger partial charge in [-0.2, -0.15) is 0 Å². The van der Waals surface area contributed by atoms with Crippen molar-refractivity contribution in [3.05, 3.63) is 0 Å². The second kappa shape index (κ2) is 31.4. The van der Waals surface area contributed by atoms with Gasteiger partial charge in [0.1, 0.15) is 0 Å². The van der Waals surface area contributed by atoms with Crippen LogP contribution in [0.5, 0.6) is 0 Å². The van der Waals surface area contributed by atoms with E-state index < -0.39 is 17.8 Å². The van der Waals surface area contributed by atoms with Crippen LogP contribution in [0, 0.1) is 0 Å². The first-order valence-corrected chi connectivity index (χ1v) is 16.5. The van der Waals surface area contributed by atoms with Gasteiger partial charge in [-0.05, 0) is 6.42 Å². The standard InChI is InChI=1S/C31H56N2O13/c1-2-3-4-5-6-7-28(34)32-11-13-39-15-17-41-19-21-43-23-25-45-27-26-44-24-22-42-20-18-40-16-14-38-12-10-31(37)46-33-29(35)8-9-30(33)36/h2-27H2,1H3,(H,32,34). The van der Waals surface area contributed by atoms with E-state index in [0.717, 1.165) is 12.8 Å². The SMILES string of the molecule is CCCCCCCC(=O)NCCOCCOCCOCCOCCOCCOCCOCCOCCC(=O)ON1C(=O)CCC1=O. The molecule has 0 aromatic heterocycles. The fraction of sp³-hybridized carbons (Fsp3) is 0.871. The van der Waals surface area contributed by atoms with Crippen LogP contribution in [-0.4, -0.2) is 141 Å². The summed E-state index contributed by atoms with van der Waals surface area (Å²) in [7, 11) is 0. The molecular weight excluding hydrogens is 608 g/mol. The molecule has 1 rings (SSSR count). The van der Waals surface area contributed by atoms with Gasteiger partial charge in [0, 0.05) is 25.8 Å². The fourth-order valence-corrected chi connectivity index (χ4v) is 3.84. The molecule has 1 N–H and O–H groups in total. The molecule has 0 aromatic rings. The minimum atomic E-state index is -0.699. The lowest BCUT2D eigenvalue weighted by molar-refractivity contribution is -0.198. The maximum absolute atomic E-state index is 11.7. The maximum atomic E-state index is 11.7. The van der Waals surface area contributed by atoms with E-state index in [1.54, 1.807) is 0 Å². The molecule has 0 unspecified atom stereocenters. The van der Waals surface area contributed by atoms with E-state index in [4.69, 9.17) is 42.7 Å². The summed E-state index contributed by atoms with van der Waals surface area (Å²) in [6.45, 7) is 9.37. The van der Waals surface area contributed by atoms with Crippen LogP contribution in [-0.2, 0) is 61.9 Å². The van der Waals surface area contributed by atoms with E-state index in [1.165, 1.54) is 19.3 Å². The lowest BCUT2D eigenvalue weighted by Gasteiger charge is -2.12. The summed E-state index contributed by atoms with van der Waals surface area (Å²) in [5.41, 5.74) is 0. The predicted molar refractivity (Wildman–Crippen MR) is 165 cm³/mol. The minimum Gasteiger partial charge on any atom is -0.378 e. The van der Waals surface area contributed by atoms with Crippen LogP contribution < -0.4 is 5.32 Å². The summed E-state index contributed by atoms with van der Waals surface area (Å²) in [6, 6.07) is 0. The maximum Gasteiger partial charge on any atom is 0.335 e. The number of hydrogen-bond donors (Lipinski definition) is 1. The molecule has 268 valence electrons. The lowest BCUT2D eigenvalue weighted by Crippen LogP contribution is -2.32. The van der Waals surface area contributed by atoms with E-state index >= 15 is 0 Å². The highest BCUT2D eigenvalue weighted by molar-refractivity contribution is 6.01. The van der Waals surface area contributed by atoms with Crippen LogP contribution in [0.3, 0.4) is 0 Å². The first-order chi connectivity index (χ1) is 22.5. The Kier molecular flexibility index (Phi) is 28.5. The number of carbonyl (C=O) groups is 4. The van der Waals surface area contributed by atoms with Crippen LogP contribution in [0.4, 0.5) is 0 Å². The first kappa shape index (κ1) is 41.8. The summed E-state index contributed by atoms with van der Waals surface area (Å²) >= 11 is 0. The Balaban J connectivity index is 1.68. The normalized spacial score (nSPS) is 13.1. The van der Waals surface area contributed by atoms with Gasteiger partial charge in [0.2, 0.25) is 5.91 Å². The number of imide groups is 1. The van der Waals surface area contributed by atoms with Crippen LogP contribution in [0.2, 0.25) is 0 Å². The van der Waals surface area contributed by atoms with Gasteiger partial charge >= 0.3 is 5.97 Å². The van der Waals surface area contributed by atoms with Crippen molar-refractivity contribution in [2.75, 3.05) is 112 Å². The van der Waals surface area contributed by atoms with Crippen LogP contribution >= 0.6 is 0 Å². The van der Waals surface area contributed by atoms with Gasteiger partial charge in [0.05, 0.1) is 112 Å². The quantitative estimate of drug-likeness (QED) is 0.0779. The molecule has 1 saturated heterocycles. The summed E-state index contributed by atoms with van der Waals surface area (Å²) in [5, 5.41) is 3.39. The molecule has 0 aliphatic carbocycles. The molecule has 0 spiro atoms. The Hall–Kier alpha value is -2.24. The number of nitrogens with zero attached hydrogens (tertiary/aromatic N) is 1.